The first-order chi connectivity index (χ1) is 20.8. The molecular formula is C33H37N7O3. The van der Waals surface area contributed by atoms with Crippen molar-refractivity contribution < 1.29 is 14.3 Å². The molecule has 1 amide bonds. The van der Waals surface area contributed by atoms with Crippen molar-refractivity contribution in [2.24, 2.45) is 0 Å². The van der Waals surface area contributed by atoms with Gasteiger partial charge >= 0.3 is 0 Å². The molecule has 2 aliphatic carbocycles. The first-order valence-electron chi connectivity index (χ1n) is 15.1. The van der Waals surface area contributed by atoms with E-state index >= 15 is 0 Å². The van der Waals surface area contributed by atoms with E-state index in [2.05, 4.69) is 24.6 Å². The minimum absolute atomic E-state index is 0.0176. The lowest BCUT2D eigenvalue weighted by atomic mass is 9.83. The molecule has 10 heteroatoms. The van der Waals surface area contributed by atoms with E-state index in [1.807, 2.05) is 49.5 Å². The normalized spacial score (nSPS) is 23.6. The number of carbonyl (C=O) groups excluding carboxylic acids is 2. The summed E-state index contributed by atoms with van der Waals surface area (Å²) in [4.78, 5) is 42.2. The van der Waals surface area contributed by atoms with Crippen LogP contribution in [0.1, 0.15) is 59.5 Å². The molecular weight excluding hydrogens is 542 g/mol. The van der Waals surface area contributed by atoms with Gasteiger partial charge in [0.2, 0.25) is 5.91 Å². The van der Waals surface area contributed by atoms with Gasteiger partial charge in [-0.15, -0.1) is 0 Å². The van der Waals surface area contributed by atoms with E-state index in [0.29, 0.717) is 31.1 Å². The molecule has 3 fully saturated rings. The minimum atomic E-state index is -0.206. The Kier molecular flexibility index (Phi) is 6.98. The molecule has 3 aromatic heterocycles. The molecule has 0 atom stereocenters. The third-order valence-electron chi connectivity index (χ3n) is 9.57. The highest BCUT2D eigenvalue weighted by atomic mass is 16.5. The fraction of sp³-hybridized carbons (Fsp3) is 0.424. The average Bonchev–Trinajstić information content (AvgIpc) is 3.69. The van der Waals surface area contributed by atoms with Gasteiger partial charge in [0.15, 0.2) is 5.78 Å². The number of Topliss-reactive ketones (excluding diaryl/α,β-unsaturated/α-hetero) is 1. The highest BCUT2D eigenvalue weighted by Gasteiger charge is 2.57. The Morgan fingerprint density at radius 2 is 1.79 bits per heavy atom. The molecule has 1 aliphatic heterocycles. The standard InChI is InChI=1S/C33H37N7O3/c1-22-6-11-35-25(18-22)19-26(41)23-2-4-24(5-3-23)28-29-30(34)36-12-13-40(29)31(37-28)32-7-9-33(21-32,10-8-32)38-27(42)20-39-14-16-43-17-15-39/h2-6,11-13,18H,7-10,14-17,19-21H2,1H3,(H2,34,36)(H,38,42). The van der Waals surface area contributed by atoms with Crippen LogP contribution < -0.4 is 11.1 Å². The zero-order valence-electron chi connectivity index (χ0n) is 24.5. The highest BCUT2D eigenvalue weighted by Crippen LogP contribution is 2.57. The van der Waals surface area contributed by atoms with Crippen LogP contribution in [0.15, 0.2) is 55.0 Å². The molecule has 3 N–H and O–H groups in total. The second-order valence-electron chi connectivity index (χ2n) is 12.5. The van der Waals surface area contributed by atoms with E-state index in [1.54, 1.807) is 12.4 Å². The predicted molar refractivity (Wildman–Crippen MR) is 163 cm³/mol. The van der Waals surface area contributed by atoms with Crippen LogP contribution in [0.25, 0.3) is 16.8 Å². The van der Waals surface area contributed by atoms with Crippen LogP contribution in [0.3, 0.4) is 0 Å². The lowest BCUT2D eigenvalue weighted by molar-refractivity contribution is -0.125. The molecule has 0 radical (unpaired) electrons. The van der Waals surface area contributed by atoms with Gasteiger partial charge in [0.05, 0.1) is 26.2 Å². The van der Waals surface area contributed by atoms with Crippen LogP contribution in [-0.2, 0) is 21.4 Å². The van der Waals surface area contributed by atoms with Crippen LogP contribution in [0.5, 0.6) is 0 Å². The minimum Gasteiger partial charge on any atom is -0.382 e. The second kappa shape index (κ2) is 10.8. The van der Waals surface area contributed by atoms with Gasteiger partial charge in [0, 0.05) is 59.5 Å². The number of nitrogens with zero attached hydrogens (tertiary/aromatic N) is 5. The second-order valence-corrected chi connectivity index (χ2v) is 12.5. The summed E-state index contributed by atoms with van der Waals surface area (Å²) in [6.07, 6.45) is 10.3. The van der Waals surface area contributed by atoms with Gasteiger partial charge in [-0.25, -0.2) is 9.97 Å². The number of fused-ring (bicyclic) bond motifs is 3. The SMILES string of the molecule is Cc1ccnc(CC(=O)c2ccc(-c3nc(C45CCC(NC(=O)CN6CCOCC6)(CC4)C5)n4ccnc(N)c34)cc2)c1. The van der Waals surface area contributed by atoms with E-state index in [0.717, 1.165) is 79.0 Å². The van der Waals surface area contributed by atoms with E-state index in [-0.39, 0.29) is 29.1 Å². The molecule has 10 nitrogen and oxygen atoms in total. The third-order valence-corrected chi connectivity index (χ3v) is 9.57. The Balaban J connectivity index is 1.14. The number of nitrogen functional groups attached to an aromatic ring is 1. The highest BCUT2D eigenvalue weighted by molar-refractivity contribution is 5.98. The Morgan fingerprint density at radius 1 is 1.02 bits per heavy atom. The molecule has 2 saturated carbocycles. The number of benzene rings is 1. The van der Waals surface area contributed by atoms with Crippen LogP contribution >= 0.6 is 0 Å². The fourth-order valence-electron chi connectivity index (χ4n) is 7.39. The number of ketones is 1. The van der Waals surface area contributed by atoms with Crippen LogP contribution in [-0.4, -0.2) is 74.3 Å². The molecule has 1 aromatic carbocycles. The lowest BCUT2D eigenvalue weighted by Crippen LogP contribution is -2.50. The molecule has 3 aliphatic rings. The number of aromatic nitrogens is 4. The summed E-state index contributed by atoms with van der Waals surface area (Å²) in [7, 11) is 0. The van der Waals surface area contributed by atoms with Gasteiger partial charge < -0.3 is 15.8 Å². The van der Waals surface area contributed by atoms with Crippen LogP contribution in [0.2, 0.25) is 0 Å². The molecule has 4 heterocycles. The van der Waals surface area contributed by atoms with E-state index in [1.165, 1.54) is 0 Å². The van der Waals surface area contributed by atoms with E-state index in [4.69, 9.17) is 15.5 Å². The number of carbonyl (C=O) groups is 2. The monoisotopic (exact) mass is 579 g/mol. The summed E-state index contributed by atoms with van der Waals surface area (Å²) in [6.45, 7) is 5.35. The summed E-state index contributed by atoms with van der Waals surface area (Å²) in [5.74, 6) is 1.50. The number of pyridine rings is 1. The van der Waals surface area contributed by atoms with Crippen molar-refractivity contribution in [2.75, 3.05) is 38.6 Å². The Hall–Kier alpha value is -4.15. The number of imidazole rings is 1. The number of hydrogen-bond donors (Lipinski definition) is 2. The Labute approximate surface area is 250 Å². The van der Waals surface area contributed by atoms with Crippen molar-refractivity contribution in [3.05, 3.63) is 77.6 Å². The quantitative estimate of drug-likeness (QED) is 0.304. The number of hydrogen-bond acceptors (Lipinski definition) is 8. The molecule has 222 valence electrons. The molecule has 4 aromatic rings. The lowest BCUT2D eigenvalue weighted by Gasteiger charge is -2.31. The van der Waals surface area contributed by atoms with Gasteiger partial charge in [-0.05, 0) is 56.7 Å². The third kappa shape index (κ3) is 5.19. The molecule has 7 rings (SSSR count). The first-order valence-corrected chi connectivity index (χ1v) is 15.1. The first kappa shape index (κ1) is 27.7. The van der Waals surface area contributed by atoms with Crippen molar-refractivity contribution in [1.82, 2.24) is 29.6 Å². The smallest absolute Gasteiger partial charge is 0.234 e. The van der Waals surface area contributed by atoms with Crippen molar-refractivity contribution in [3.63, 3.8) is 0 Å². The zero-order chi connectivity index (χ0) is 29.6. The largest absolute Gasteiger partial charge is 0.382 e. The molecule has 0 spiro atoms. The number of aryl methyl sites for hydroxylation is 1. The van der Waals surface area contributed by atoms with Crippen molar-refractivity contribution in [2.45, 2.75) is 56.4 Å². The molecule has 1 saturated heterocycles. The average molecular weight is 580 g/mol. The number of nitrogens with two attached hydrogens (primary N) is 1. The van der Waals surface area contributed by atoms with Gasteiger partial charge in [-0.1, -0.05) is 24.3 Å². The number of rotatable bonds is 8. The van der Waals surface area contributed by atoms with Gasteiger partial charge in [0.25, 0.3) is 0 Å². The number of nitrogens with one attached hydrogen (secondary N) is 1. The van der Waals surface area contributed by atoms with Gasteiger partial charge in [0.1, 0.15) is 22.9 Å². The summed E-state index contributed by atoms with van der Waals surface area (Å²) >= 11 is 0. The summed E-state index contributed by atoms with van der Waals surface area (Å²) in [6, 6.07) is 11.4. The zero-order valence-corrected chi connectivity index (χ0v) is 24.5. The summed E-state index contributed by atoms with van der Waals surface area (Å²) < 4.78 is 7.52. The van der Waals surface area contributed by atoms with Crippen molar-refractivity contribution in [3.8, 4) is 11.3 Å². The topological polar surface area (TPSA) is 128 Å². The number of ether oxygens (including phenoxy) is 1. The maximum atomic E-state index is 13.1. The van der Waals surface area contributed by atoms with Gasteiger partial charge in [-0.2, -0.15) is 0 Å². The summed E-state index contributed by atoms with van der Waals surface area (Å²) in [5.41, 5.74) is 11.0. The van der Waals surface area contributed by atoms with Crippen LogP contribution in [0, 0.1) is 6.92 Å². The Morgan fingerprint density at radius 3 is 2.53 bits per heavy atom. The Bertz CT molecular complexity index is 1680. The maximum absolute atomic E-state index is 13.1. The molecule has 43 heavy (non-hydrogen) atoms. The van der Waals surface area contributed by atoms with E-state index in [9.17, 15) is 9.59 Å². The molecule has 2 bridgehead atoms. The number of anilines is 1. The predicted octanol–water partition coefficient (Wildman–Crippen LogP) is 3.51. The van der Waals surface area contributed by atoms with Crippen LogP contribution in [0.4, 0.5) is 5.82 Å². The van der Waals surface area contributed by atoms with Gasteiger partial charge in [-0.3, -0.25) is 23.9 Å². The van der Waals surface area contributed by atoms with Crippen molar-refractivity contribution in [1.29, 1.82) is 0 Å². The fourth-order valence-corrected chi connectivity index (χ4v) is 7.39. The number of amides is 1. The summed E-state index contributed by atoms with van der Waals surface area (Å²) in [5, 5.41) is 3.43. The van der Waals surface area contributed by atoms with E-state index < -0.39 is 0 Å². The maximum Gasteiger partial charge on any atom is 0.234 e. The molecule has 0 unspecified atom stereocenters. The number of morpholine rings is 1. The van der Waals surface area contributed by atoms with Crippen molar-refractivity contribution >= 4 is 23.0 Å².